The minimum absolute atomic E-state index is 0.495. The maximum absolute atomic E-state index is 9.99. The van der Waals surface area contributed by atoms with E-state index in [4.69, 9.17) is 10.5 Å². The highest BCUT2D eigenvalue weighted by molar-refractivity contribution is 5.55. The van der Waals surface area contributed by atoms with Crippen molar-refractivity contribution in [3.8, 4) is 5.75 Å². The number of H-pyrrole nitrogens is 1. The molecule has 0 aliphatic heterocycles. The Labute approximate surface area is 92.9 Å². The lowest BCUT2D eigenvalue weighted by Crippen LogP contribution is -2.02. The second kappa shape index (κ2) is 4.24. The van der Waals surface area contributed by atoms with E-state index in [0.29, 0.717) is 22.7 Å². The Balaban J connectivity index is 2.31. The largest absolute Gasteiger partial charge is 0.495 e. The van der Waals surface area contributed by atoms with Crippen molar-refractivity contribution in [3.63, 3.8) is 0 Å². The SMILES string of the molecule is COc1ccc(C(O)c2c[nH]cn2)cc1N. The number of methoxy groups -OCH3 is 1. The van der Waals surface area contributed by atoms with Crippen LogP contribution in [0.5, 0.6) is 5.75 Å². The van der Waals surface area contributed by atoms with E-state index in [-0.39, 0.29) is 0 Å². The van der Waals surface area contributed by atoms with Crippen LogP contribution in [0.15, 0.2) is 30.7 Å². The summed E-state index contributed by atoms with van der Waals surface area (Å²) in [6.45, 7) is 0. The molecule has 0 amide bonds. The molecular formula is C11H13N3O2. The maximum Gasteiger partial charge on any atom is 0.141 e. The molecule has 1 aromatic heterocycles. The van der Waals surface area contributed by atoms with E-state index in [1.807, 2.05) is 0 Å². The van der Waals surface area contributed by atoms with Gasteiger partial charge in [0.1, 0.15) is 11.9 Å². The van der Waals surface area contributed by atoms with Crippen LogP contribution in [-0.2, 0) is 0 Å². The smallest absolute Gasteiger partial charge is 0.141 e. The molecule has 1 heterocycles. The van der Waals surface area contributed by atoms with Crippen molar-refractivity contribution < 1.29 is 9.84 Å². The molecular weight excluding hydrogens is 206 g/mol. The fraction of sp³-hybridized carbons (Fsp3) is 0.182. The molecule has 1 atom stereocenters. The van der Waals surface area contributed by atoms with Gasteiger partial charge in [0.15, 0.2) is 0 Å². The number of aliphatic hydroxyl groups is 1. The molecule has 4 N–H and O–H groups in total. The Morgan fingerprint density at radius 2 is 2.31 bits per heavy atom. The molecule has 0 spiro atoms. The number of aromatic nitrogens is 2. The molecule has 0 fully saturated rings. The van der Waals surface area contributed by atoms with Crippen LogP contribution in [-0.4, -0.2) is 22.2 Å². The summed E-state index contributed by atoms with van der Waals surface area (Å²) >= 11 is 0. The number of ether oxygens (including phenoxy) is 1. The van der Waals surface area contributed by atoms with Crippen LogP contribution in [0.25, 0.3) is 0 Å². The predicted molar refractivity (Wildman–Crippen MR) is 60.1 cm³/mol. The second-order valence-corrected chi connectivity index (χ2v) is 3.40. The summed E-state index contributed by atoms with van der Waals surface area (Å²) in [4.78, 5) is 6.78. The Morgan fingerprint density at radius 3 is 2.88 bits per heavy atom. The van der Waals surface area contributed by atoms with Crippen LogP contribution < -0.4 is 10.5 Å². The van der Waals surface area contributed by atoms with Crippen LogP contribution in [0.3, 0.4) is 0 Å². The molecule has 0 saturated heterocycles. The number of benzene rings is 1. The van der Waals surface area contributed by atoms with Crippen molar-refractivity contribution >= 4 is 5.69 Å². The standard InChI is InChI=1S/C11H13N3O2/c1-16-10-3-2-7(4-8(10)12)11(15)9-5-13-6-14-9/h2-6,11,15H,12H2,1H3,(H,13,14). The first-order chi connectivity index (χ1) is 7.72. The molecule has 0 saturated carbocycles. The zero-order valence-electron chi connectivity index (χ0n) is 8.84. The number of nitrogens with one attached hydrogen (secondary N) is 1. The fourth-order valence-corrected chi connectivity index (χ4v) is 1.51. The Morgan fingerprint density at radius 1 is 1.50 bits per heavy atom. The number of rotatable bonds is 3. The fourth-order valence-electron chi connectivity index (χ4n) is 1.51. The van der Waals surface area contributed by atoms with Crippen molar-refractivity contribution in [2.75, 3.05) is 12.8 Å². The molecule has 0 radical (unpaired) electrons. The molecule has 5 nitrogen and oxygen atoms in total. The summed E-state index contributed by atoms with van der Waals surface area (Å²) in [5.74, 6) is 0.595. The third-order valence-corrected chi connectivity index (χ3v) is 2.37. The number of nitrogen functional groups attached to an aromatic ring is 1. The second-order valence-electron chi connectivity index (χ2n) is 3.40. The zero-order chi connectivity index (χ0) is 11.5. The first-order valence-electron chi connectivity index (χ1n) is 4.82. The summed E-state index contributed by atoms with van der Waals surface area (Å²) in [5, 5.41) is 9.99. The van der Waals surface area contributed by atoms with E-state index in [9.17, 15) is 5.11 Å². The lowest BCUT2D eigenvalue weighted by Gasteiger charge is -2.11. The highest BCUT2D eigenvalue weighted by Crippen LogP contribution is 2.27. The van der Waals surface area contributed by atoms with Crippen LogP contribution in [0.1, 0.15) is 17.4 Å². The zero-order valence-corrected chi connectivity index (χ0v) is 8.84. The minimum Gasteiger partial charge on any atom is -0.495 e. The molecule has 0 aliphatic carbocycles. The van der Waals surface area contributed by atoms with Gasteiger partial charge >= 0.3 is 0 Å². The summed E-state index contributed by atoms with van der Waals surface area (Å²) in [6, 6.07) is 5.16. The monoisotopic (exact) mass is 219 g/mol. The highest BCUT2D eigenvalue weighted by atomic mass is 16.5. The Hall–Kier alpha value is -2.01. The van der Waals surface area contributed by atoms with Gasteiger partial charge in [-0.15, -0.1) is 0 Å². The molecule has 5 heteroatoms. The van der Waals surface area contributed by atoms with Crippen molar-refractivity contribution in [2.45, 2.75) is 6.10 Å². The topological polar surface area (TPSA) is 84.2 Å². The van der Waals surface area contributed by atoms with Gasteiger partial charge in [-0.2, -0.15) is 0 Å². The molecule has 2 rings (SSSR count). The number of nitrogens with two attached hydrogens (primary N) is 1. The van der Waals surface area contributed by atoms with E-state index >= 15 is 0 Å². The minimum atomic E-state index is -0.778. The van der Waals surface area contributed by atoms with Crippen molar-refractivity contribution in [1.82, 2.24) is 9.97 Å². The van der Waals surface area contributed by atoms with Crippen LogP contribution >= 0.6 is 0 Å². The average Bonchev–Trinajstić information content (AvgIpc) is 2.81. The van der Waals surface area contributed by atoms with Crippen LogP contribution in [0, 0.1) is 0 Å². The van der Waals surface area contributed by atoms with Gasteiger partial charge in [0.25, 0.3) is 0 Å². The molecule has 1 aromatic carbocycles. The van der Waals surface area contributed by atoms with Crippen LogP contribution in [0.2, 0.25) is 0 Å². The summed E-state index contributed by atoms with van der Waals surface area (Å²) in [6.07, 6.45) is 2.38. The Kier molecular flexibility index (Phi) is 2.78. The molecule has 84 valence electrons. The van der Waals surface area contributed by atoms with Gasteiger partial charge in [-0.25, -0.2) is 4.98 Å². The Bertz CT molecular complexity index is 468. The molecule has 0 bridgehead atoms. The number of hydrogen-bond donors (Lipinski definition) is 3. The average molecular weight is 219 g/mol. The lowest BCUT2D eigenvalue weighted by molar-refractivity contribution is 0.216. The van der Waals surface area contributed by atoms with Gasteiger partial charge in [0.05, 0.1) is 24.8 Å². The van der Waals surface area contributed by atoms with Gasteiger partial charge < -0.3 is 20.6 Å². The quantitative estimate of drug-likeness (QED) is 0.674. The summed E-state index contributed by atoms with van der Waals surface area (Å²) < 4.78 is 5.04. The van der Waals surface area contributed by atoms with E-state index in [2.05, 4.69) is 9.97 Å². The third-order valence-electron chi connectivity index (χ3n) is 2.37. The molecule has 2 aromatic rings. The summed E-state index contributed by atoms with van der Waals surface area (Å²) in [5.41, 5.74) is 7.50. The van der Waals surface area contributed by atoms with E-state index in [0.717, 1.165) is 0 Å². The lowest BCUT2D eigenvalue weighted by atomic mass is 10.1. The highest BCUT2D eigenvalue weighted by Gasteiger charge is 2.13. The van der Waals surface area contributed by atoms with Crippen molar-refractivity contribution in [2.24, 2.45) is 0 Å². The van der Waals surface area contributed by atoms with Gasteiger partial charge in [-0.3, -0.25) is 0 Å². The first-order valence-corrected chi connectivity index (χ1v) is 4.82. The van der Waals surface area contributed by atoms with Crippen molar-refractivity contribution in [3.05, 3.63) is 42.0 Å². The maximum atomic E-state index is 9.99. The van der Waals surface area contributed by atoms with E-state index < -0.39 is 6.10 Å². The number of hydrogen-bond acceptors (Lipinski definition) is 4. The number of aromatic amines is 1. The van der Waals surface area contributed by atoms with Gasteiger partial charge in [-0.05, 0) is 17.7 Å². The number of nitrogens with zero attached hydrogens (tertiary/aromatic N) is 1. The van der Waals surface area contributed by atoms with Crippen LogP contribution in [0.4, 0.5) is 5.69 Å². The predicted octanol–water partition coefficient (Wildman–Crippen LogP) is 1.08. The number of imidazole rings is 1. The van der Waals surface area contributed by atoms with Gasteiger partial charge in [-0.1, -0.05) is 6.07 Å². The van der Waals surface area contributed by atoms with Crippen molar-refractivity contribution in [1.29, 1.82) is 0 Å². The molecule has 0 aliphatic rings. The van der Waals surface area contributed by atoms with E-state index in [1.165, 1.54) is 6.33 Å². The van der Waals surface area contributed by atoms with Gasteiger partial charge in [0, 0.05) is 6.20 Å². The van der Waals surface area contributed by atoms with Gasteiger partial charge in [0.2, 0.25) is 0 Å². The number of aliphatic hydroxyl groups excluding tert-OH is 1. The van der Waals surface area contributed by atoms with E-state index in [1.54, 1.807) is 31.5 Å². The summed E-state index contributed by atoms with van der Waals surface area (Å²) in [7, 11) is 1.55. The number of anilines is 1. The third kappa shape index (κ3) is 1.85. The molecule has 16 heavy (non-hydrogen) atoms. The molecule has 1 unspecified atom stereocenters. The normalized spacial score (nSPS) is 12.4. The first kappa shape index (κ1) is 10.5.